The molecule has 0 radical (unpaired) electrons. The summed E-state index contributed by atoms with van der Waals surface area (Å²) in [5, 5.41) is 14.9. The Labute approximate surface area is 142 Å². The van der Waals surface area contributed by atoms with Gasteiger partial charge in [0.2, 0.25) is 0 Å². The van der Waals surface area contributed by atoms with Crippen molar-refractivity contribution in [1.29, 1.82) is 0 Å². The molecule has 2 N–H and O–H groups in total. The van der Waals surface area contributed by atoms with Crippen molar-refractivity contribution in [3.05, 3.63) is 21.9 Å². The fourth-order valence-electron chi connectivity index (χ4n) is 3.16. The topological polar surface area (TPSA) is 52.6 Å². The highest BCUT2D eigenvalue weighted by atomic mass is 32.1. The number of carbonyl (C=O) groups is 1. The smallest absolute Gasteiger partial charge is 0.417 e. The standard InChI is InChI=1S/C16H21F3N2O2S/c17-16(18,19)14-9-24-8-11(14)5-20-12-3-13(4-12)21(7-15(22)23)6-10-1-2-10/h8-10,12-13,20H,1-7H2,(H,22,23). The van der Waals surface area contributed by atoms with Crippen LogP contribution in [0.4, 0.5) is 13.2 Å². The van der Waals surface area contributed by atoms with Crippen LogP contribution in [0.3, 0.4) is 0 Å². The van der Waals surface area contributed by atoms with E-state index in [4.69, 9.17) is 5.11 Å². The normalized spacial score (nSPS) is 24.2. The summed E-state index contributed by atoms with van der Waals surface area (Å²) < 4.78 is 38.5. The van der Waals surface area contributed by atoms with Crippen molar-refractivity contribution in [3.8, 4) is 0 Å². The van der Waals surface area contributed by atoms with E-state index in [0.29, 0.717) is 5.92 Å². The number of hydrogen-bond donors (Lipinski definition) is 2. The van der Waals surface area contributed by atoms with Gasteiger partial charge in [-0.1, -0.05) is 0 Å². The number of aliphatic carboxylic acids is 1. The van der Waals surface area contributed by atoms with Gasteiger partial charge in [-0.3, -0.25) is 9.69 Å². The third-order valence-corrected chi connectivity index (χ3v) is 5.58. The zero-order valence-corrected chi connectivity index (χ0v) is 14.0. The molecule has 2 aliphatic rings. The molecule has 0 aliphatic heterocycles. The third kappa shape index (κ3) is 4.49. The molecule has 2 aliphatic carbocycles. The molecule has 1 aromatic heterocycles. The molecule has 0 atom stereocenters. The summed E-state index contributed by atoms with van der Waals surface area (Å²) >= 11 is 1.06. The Bertz CT molecular complexity index is 580. The third-order valence-electron chi connectivity index (χ3n) is 4.79. The summed E-state index contributed by atoms with van der Waals surface area (Å²) in [6, 6.07) is 0.384. The van der Waals surface area contributed by atoms with E-state index in [1.807, 2.05) is 4.90 Å². The van der Waals surface area contributed by atoms with Gasteiger partial charge in [0.1, 0.15) is 0 Å². The van der Waals surface area contributed by atoms with Gasteiger partial charge in [-0.15, -0.1) is 0 Å². The number of rotatable bonds is 8. The van der Waals surface area contributed by atoms with Crippen LogP contribution in [0.25, 0.3) is 0 Å². The van der Waals surface area contributed by atoms with Crippen molar-refractivity contribution < 1.29 is 23.1 Å². The lowest BCUT2D eigenvalue weighted by Crippen LogP contribution is -2.54. The van der Waals surface area contributed by atoms with Crippen molar-refractivity contribution in [1.82, 2.24) is 10.2 Å². The zero-order valence-electron chi connectivity index (χ0n) is 13.2. The first-order chi connectivity index (χ1) is 11.3. The molecular formula is C16H21F3N2O2S. The van der Waals surface area contributed by atoms with E-state index in [2.05, 4.69) is 5.32 Å². The molecule has 24 heavy (non-hydrogen) atoms. The minimum absolute atomic E-state index is 0.0522. The lowest BCUT2D eigenvalue weighted by molar-refractivity contribution is -0.139. The Morgan fingerprint density at radius 2 is 2.04 bits per heavy atom. The van der Waals surface area contributed by atoms with Crippen molar-refractivity contribution in [2.75, 3.05) is 13.1 Å². The number of carboxylic acids is 1. The molecule has 0 unspecified atom stereocenters. The minimum atomic E-state index is -4.30. The lowest BCUT2D eigenvalue weighted by Gasteiger charge is -2.43. The SMILES string of the molecule is O=C(O)CN(CC1CC1)C1CC(NCc2cscc2C(F)(F)F)C1. The molecule has 1 heterocycles. The Morgan fingerprint density at radius 1 is 1.33 bits per heavy atom. The number of carboxylic acid groups (broad SMARTS) is 1. The first kappa shape index (κ1) is 17.7. The van der Waals surface area contributed by atoms with Gasteiger partial charge in [0.05, 0.1) is 12.1 Å². The second-order valence-corrected chi connectivity index (χ2v) is 7.52. The van der Waals surface area contributed by atoms with E-state index < -0.39 is 17.7 Å². The summed E-state index contributed by atoms with van der Waals surface area (Å²) in [6.07, 6.45) is -0.371. The molecule has 4 nitrogen and oxygen atoms in total. The summed E-state index contributed by atoms with van der Waals surface area (Å²) in [5.74, 6) is -0.198. The maximum atomic E-state index is 12.8. The Hall–Kier alpha value is -1.12. The molecule has 1 aromatic rings. The van der Waals surface area contributed by atoms with Crippen molar-refractivity contribution in [2.24, 2.45) is 5.92 Å². The monoisotopic (exact) mass is 362 g/mol. The Balaban J connectivity index is 1.46. The maximum absolute atomic E-state index is 12.8. The maximum Gasteiger partial charge on any atom is 0.417 e. The van der Waals surface area contributed by atoms with Gasteiger partial charge in [0, 0.05) is 30.6 Å². The largest absolute Gasteiger partial charge is 0.480 e. The summed E-state index contributed by atoms with van der Waals surface area (Å²) in [6.45, 7) is 1.08. The minimum Gasteiger partial charge on any atom is -0.480 e. The van der Waals surface area contributed by atoms with E-state index >= 15 is 0 Å². The number of halogens is 3. The first-order valence-corrected chi connectivity index (χ1v) is 9.08. The molecule has 0 aromatic carbocycles. The van der Waals surface area contributed by atoms with Gasteiger partial charge in [0.25, 0.3) is 0 Å². The van der Waals surface area contributed by atoms with Crippen LogP contribution in [0.5, 0.6) is 0 Å². The Morgan fingerprint density at radius 3 is 2.62 bits per heavy atom. The van der Waals surface area contributed by atoms with Crippen molar-refractivity contribution in [3.63, 3.8) is 0 Å². The van der Waals surface area contributed by atoms with Gasteiger partial charge >= 0.3 is 12.1 Å². The first-order valence-electron chi connectivity index (χ1n) is 8.14. The molecule has 0 bridgehead atoms. The predicted molar refractivity (Wildman–Crippen MR) is 84.9 cm³/mol. The van der Waals surface area contributed by atoms with Crippen LogP contribution in [0.1, 0.15) is 36.8 Å². The summed E-state index contributed by atoms with van der Waals surface area (Å²) in [4.78, 5) is 13.0. The van der Waals surface area contributed by atoms with Crippen LogP contribution in [0, 0.1) is 5.92 Å². The molecule has 0 saturated heterocycles. The fraction of sp³-hybridized carbons (Fsp3) is 0.688. The van der Waals surface area contributed by atoms with Crippen molar-refractivity contribution >= 4 is 17.3 Å². The van der Waals surface area contributed by atoms with E-state index in [0.717, 1.165) is 36.1 Å². The average Bonchev–Trinajstić information content (AvgIpc) is 3.09. The molecule has 0 amide bonds. The van der Waals surface area contributed by atoms with Crippen LogP contribution in [-0.4, -0.2) is 41.1 Å². The van der Waals surface area contributed by atoms with Crippen LogP contribution < -0.4 is 5.32 Å². The fourth-order valence-corrected chi connectivity index (χ4v) is 4.03. The highest BCUT2D eigenvalue weighted by molar-refractivity contribution is 7.08. The Kier molecular flexibility index (Phi) is 5.17. The molecule has 3 rings (SSSR count). The van der Waals surface area contributed by atoms with Crippen LogP contribution in [0.2, 0.25) is 0 Å². The molecule has 134 valence electrons. The molecule has 0 spiro atoms. The highest BCUT2D eigenvalue weighted by Crippen LogP contribution is 2.36. The van der Waals surface area contributed by atoms with Crippen molar-refractivity contribution in [2.45, 2.75) is 50.5 Å². The highest BCUT2D eigenvalue weighted by Gasteiger charge is 2.38. The van der Waals surface area contributed by atoms with Gasteiger partial charge in [-0.25, -0.2) is 0 Å². The number of alkyl halides is 3. The van der Waals surface area contributed by atoms with Gasteiger partial charge in [-0.2, -0.15) is 24.5 Å². The second kappa shape index (κ2) is 7.01. The van der Waals surface area contributed by atoms with Gasteiger partial charge in [-0.05, 0) is 42.5 Å². The quantitative estimate of drug-likeness (QED) is 0.746. The van der Waals surface area contributed by atoms with Crippen LogP contribution in [-0.2, 0) is 17.5 Å². The molecule has 2 saturated carbocycles. The summed E-state index contributed by atoms with van der Waals surface area (Å²) in [7, 11) is 0. The second-order valence-electron chi connectivity index (χ2n) is 6.78. The lowest BCUT2D eigenvalue weighted by atomic mass is 9.85. The summed E-state index contributed by atoms with van der Waals surface area (Å²) in [5.41, 5.74) is -0.270. The van der Waals surface area contributed by atoms with E-state index in [1.54, 1.807) is 0 Å². The van der Waals surface area contributed by atoms with Gasteiger partial charge < -0.3 is 10.4 Å². The molecule has 2 fully saturated rings. The predicted octanol–water partition coefficient (Wildman–Crippen LogP) is 3.18. The average molecular weight is 362 g/mol. The van der Waals surface area contributed by atoms with Crippen LogP contribution in [0.15, 0.2) is 10.8 Å². The van der Waals surface area contributed by atoms with E-state index in [1.165, 1.54) is 18.2 Å². The number of nitrogens with one attached hydrogen (secondary N) is 1. The van der Waals surface area contributed by atoms with Crippen LogP contribution >= 0.6 is 11.3 Å². The molecule has 8 heteroatoms. The molecular weight excluding hydrogens is 341 g/mol. The number of nitrogens with zero attached hydrogens (tertiary/aromatic N) is 1. The van der Waals surface area contributed by atoms with E-state index in [-0.39, 0.29) is 30.7 Å². The van der Waals surface area contributed by atoms with Gasteiger partial charge in [0.15, 0.2) is 0 Å². The zero-order chi connectivity index (χ0) is 17.3. The number of hydrogen-bond acceptors (Lipinski definition) is 4. The number of thiophene rings is 1. The van der Waals surface area contributed by atoms with E-state index in [9.17, 15) is 18.0 Å².